The number of aryl methyl sites for hydroxylation is 1. The lowest BCUT2D eigenvalue weighted by Crippen LogP contribution is -2.42. The van der Waals surface area contributed by atoms with Gasteiger partial charge in [0.25, 0.3) is 11.9 Å². The maximum Gasteiger partial charge on any atom is 0.290 e. The summed E-state index contributed by atoms with van der Waals surface area (Å²) in [5, 5.41) is 3.86. The number of ether oxygens (including phenoxy) is 1. The second-order valence-corrected chi connectivity index (χ2v) is 10.4. The highest BCUT2D eigenvalue weighted by Gasteiger charge is 2.40. The van der Waals surface area contributed by atoms with Gasteiger partial charge in [-0.1, -0.05) is 47.5 Å². The molecule has 0 unspecified atom stereocenters. The van der Waals surface area contributed by atoms with E-state index in [2.05, 4.69) is 34.5 Å². The predicted octanol–water partition coefficient (Wildman–Crippen LogP) is 6.87. The van der Waals surface area contributed by atoms with E-state index in [9.17, 15) is 4.79 Å². The number of fused-ring (bicyclic) bond motifs is 2. The van der Waals surface area contributed by atoms with Gasteiger partial charge in [-0.05, 0) is 99.0 Å². The number of halogens is 2. The zero-order valence-corrected chi connectivity index (χ0v) is 21.2. The van der Waals surface area contributed by atoms with E-state index in [4.69, 9.17) is 32.4 Å². The van der Waals surface area contributed by atoms with Crippen molar-refractivity contribution in [1.82, 2.24) is 10.2 Å². The second-order valence-electron chi connectivity index (χ2n) is 9.57. The lowest BCUT2D eigenvalue weighted by Gasteiger charge is -2.40. The van der Waals surface area contributed by atoms with Crippen LogP contribution in [0.4, 0.5) is 0 Å². The fraction of sp³-hybridized carbons (Fsp3) is 0.393. The number of benzene rings is 2. The van der Waals surface area contributed by atoms with Crippen LogP contribution in [0.5, 0.6) is 11.7 Å². The summed E-state index contributed by atoms with van der Waals surface area (Å²) in [6.07, 6.45) is 7.04. The molecule has 2 aliphatic rings. The van der Waals surface area contributed by atoms with Crippen molar-refractivity contribution in [2.45, 2.75) is 43.9 Å². The van der Waals surface area contributed by atoms with Gasteiger partial charge in [0.2, 0.25) is 0 Å². The van der Waals surface area contributed by atoms with Gasteiger partial charge in [0.1, 0.15) is 5.75 Å². The van der Waals surface area contributed by atoms with Gasteiger partial charge in [0.05, 0.1) is 0 Å². The zero-order chi connectivity index (χ0) is 24.3. The van der Waals surface area contributed by atoms with Gasteiger partial charge in [0.15, 0.2) is 5.76 Å². The lowest BCUT2D eigenvalue weighted by molar-refractivity contribution is 0.0919. The van der Waals surface area contributed by atoms with E-state index >= 15 is 0 Å². The number of nitrogens with zero attached hydrogens (tertiary/aromatic N) is 1. The molecule has 184 valence electrons. The second kappa shape index (κ2) is 10.7. The highest BCUT2D eigenvalue weighted by Crippen LogP contribution is 2.46. The summed E-state index contributed by atoms with van der Waals surface area (Å²) in [5.74, 6) is 0.626. The van der Waals surface area contributed by atoms with Gasteiger partial charge < -0.3 is 19.4 Å². The smallest absolute Gasteiger partial charge is 0.290 e. The van der Waals surface area contributed by atoms with Crippen LogP contribution in [0, 0.1) is 0 Å². The summed E-state index contributed by atoms with van der Waals surface area (Å²) in [5.41, 5.74) is 3.57. The number of hydrogen-bond acceptors (Lipinski definition) is 4. The molecule has 0 saturated carbocycles. The Labute approximate surface area is 216 Å². The van der Waals surface area contributed by atoms with Crippen LogP contribution in [-0.4, -0.2) is 37.0 Å². The molecule has 1 aromatic heterocycles. The third-order valence-corrected chi connectivity index (χ3v) is 7.76. The Balaban J connectivity index is 1.01. The van der Waals surface area contributed by atoms with Gasteiger partial charge in [-0.15, -0.1) is 0 Å². The van der Waals surface area contributed by atoms with Crippen LogP contribution in [0.2, 0.25) is 10.0 Å². The van der Waals surface area contributed by atoms with E-state index in [0.29, 0.717) is 27.8 Å². The first-order valence-electron chi connectivity index (χ1n) is 12.3. The first-order valence-corrected chi connectivity index (χ1v) is 13.1. The Hall–Kier alpha value is -2.47. The van der Waals surface area contributed by atoms with Crippen LogP contribution in [-0.2, 0) is 11.8 Å². The minimum absolute atomic E-state index is 0.209. The van der Waals surface area contributed by atoms with E-state index in [0.717, 1.165) is 32.5 Å². The van der Waals surface area contributed by atoms with Crippen LogP contribution in [0.15, 0.2) is 59.0 Å². The minimum Gasteiger partial charge on any atom is -0.426 e. The van der Waals surface area contributed by atoms with Crippen molar-refractivity contribution in [3.8, 4) is 11.7 Å². The number of nitrogens with one attached hydrogen (secondary N) is 1. The molecule has 0 bridgehead atoms. The van der Waals surface area contributed by atoms with E-state index in [1.54, 1.807) is 41.5 Å². The Morgan fingerprint density at radius 2 is 1.77 bits per heavy atom. The molecular weight excluding hydrogens is 483 g/mol. The number of unbranched alkanes of at least 4 members (excludes halogenated alkanes) is 1. The molecule has 7 heteroatoms. The van der Waals surface area contributed by atoms with Gasteiger partial charge in [-0.2, -0.15) is 0 Å². The summed E-state index contributed by atoms with van der Waals surface area (Å²) in [7, 11) is 0. The molecule has 0 atom stereocenters. The largest absolute Gasteiger partial charge is 0.426 e. The third kappa shape index (κ3) is 5.69. The summed E-state index contributed by atoms with van der Waals surface area (Å²) in [4.78, 5) is 15.0. The molecule has 1 amide bonds. The zero-order valence-electron chi connectivity index (χ0n) is 19.7. The molecular formula is C28H30Cl2N2O3. The quantitative estimate of drug-likeness (QED) is 0.334. The first-order chi connectivity index (χ1) is 17.0. The topological polar surface area (TPSA) is 54.7 Å². The summed E-state index contributed by atoms with van der Waals surface area (Å²) >= 11 is 12.0. The number of rotatable bonds is 8. The Bertz CT molecular complexity index is 1160. The van der Waals surface area contributed by atoms with Gasteiger partial charge in [-0.3, -0.25) is 4.79 Å². The summed E-state index contributed by atoms with van der Waals surface area (Å²) in [6.45, 7) is 4.01. The normalized spacial score (nSPS) is 16.9. The Morgan fingerprint density at radius 1 is 1.00 bits per heavy atom. The standard InChI is InChI=1S/C28H30Cl2N2O3/c29-21-17-22(30)19-23(18-21)34-26-8-7-25(35-26)27(33)31-13-3-4-14-32-15-11-28(12-16-32)10-9-20-5-1-2-6-24(20)28/h1-2,5-8,17-19H,3-4,9-16H2,(H,31,33). The summed E-state index contributed by atoms with van der Waals surface area (Å²) < 4.78 is 11.1. The molecule has 0 radical (unpaired) electrons. The number of likely N-dealkylation sites (tertiary alicyclic amines) is 1. The maximum atomic E-state index is 12.4. The lowest BCUT2D eigenvalue weighted by atomic mass is 9.74. The van der Waals surface area contributed by atoms with E-state index in [1.165, 1.54) is 25.7 Å². The van der Waals surface area contributed by atoms with Crippen molar-refractivity contribution in [3.63, 3.8) is 0 Å². The SMILES string of the molecule is O=C(NCCCCN1CCC2(CCc3ccccc32)CC1)c1ccc(Oc2cc(Cl)cc(Cl)c2)o1. The predicted molar refractivity (Wildman–Crippen MR) is 139 cm³/mol. The number of hydrogen-bond donors (Lipinski definition) is 1. The fourth-order valence-electron chi connectivity index (χ4n) is 5.44. The van der Waals surface area contributed by atoms with Crippen molar-refractivity contribution in [1.29, 1.82) is 0 Å². The minimum atomic E-state index is -0.246. The van der Waals surface area contributed by atoms with Gasteiger partial charge in [-0.25, -0.2) is 0 Å². The molecule has 2 heterocycles. The maximum absolute atomic E-state index is 12.4. The molecule has 1 N–H and O–H groups in total. The first kappa shape index (κ1) is 24.2. The molecule has 5 rings (SSSR count). The van der Waals surface area contributed by atoms with Crippen LogP contribution in [0.1, 0.15) is 53.8 Å². The molecule has 3 aromatic rings. The average Bonchev–Trinajstić information content (AvgIpc) is 3.45. The molecule has 1 saturated heterocycles. The number of piperidine rings is 1. The average molecular weight is 513 g/mol. The fourth-order valence-corrected chi connectivity index (χ4v) is 5.94. The number of furan rings is 1. The monoisotopic (exact) mass is 512 g/mol. The number of amides is 1. The van der Waals surface area contributed by atoms with Gasteiger partial charge >= 0.3 is 0 Å². The van der Waals surface area contributed by atoms with Crippen molar-refractivity contribution in [2.75, 3.05) is 26.2 Å². The van der Waals surface area contributed by atoms with Crippen molar-refractivity contribution >= 4 is 29.1 Å². The van der Waals surface area contributed by atoms with Crippen molar-refractivity contribution < 1.29 is 13.9 Å². The molecule has 1 spiro atoms. The summed E-state index contributed by atoms with van der Waals surface area (Å²) in [6, 6.07) is 17.1. The van der Waals surface area contributed by atoms with Crippen LogP contribution in [0.3, 0.4) is 0 Å². The van der Waals surface area contributed by atoms with E-state index < -0.39 is 0 Å². The molecule has 1 fully saturated rings. The molecule has 1 aliphatic heterocycles. The van der Waals surface area contributed by atoms with Crippen LogP contribution in [0.25, 0.3) is 0 Å². The van der Waals surface area contributed by atoms with Gasteiger partial charge in [0, 0.05) is 22.7 Å². The highest BCUT2D eigenvalue weighted by molar-refractivity contribution is 6.34. The highest BCUT2D eigenvalue weighted by atomic mass is 35.5. The number of carbonyl (C=O) groups is 1. The molecule has 2 aromatic carbocycles. The van der Waals surface area contributed by atoms with Crippen molar-refractivity contribution in [2.24, 2.45) is 0 Å². The van der Waals surface area contributed by atoms with Crippen LogP contribution < -0.4 is 10.1 Å². The number of carbonyl (C=O) groups excluding carboxylic acids is 1. The third-order valence-electron chi connectivity index (χ3n) is 7.32. The van der Waals surface area contributed by atoms with Crippen LogP contribution >= 0.6 is 23.2 Å². The van der Waals surface area contributed by atoms with E-state index in [1.807, 2.05) is 0 Å². The Kier molecular flexibility index (Phi) is 7.37. The molecule has 1 aliphatic carbocycles. The Morgan fingerprint density at radius 3 is 2.57 bits per heavy atom. The van der Waals surface area contributed by atoms with Crippen molar-refractivity contribution in [3.05, 3.63) is 81.5 Å². The molecule has 5 nitrogen and oxygen atoms in total. The van der Waals surface area contributed by atoms with E-state index in [-0.39, 0.29) is 17.6 Å². The molecule has 35 heavy (non-hydrogen) atoms.